The zero-order valence-corrected chi connectivity index (χ0v) is 53.4. The largest absolute Gasteiger partial charge is 0.462 e. The smallest absolute Gasteiger partial charge is 0.306 e. The van der Waals surface area contributed by atoms with Crippen LogP contribution in [-0.2, 0) is 28.6 Å². The van der Waals surface area contributed by atoms with Gasteiger partial charge in [0.2, 0.25) is 0 Å². The number of hydrogen-bond donors (Lipinski definition) is 0. The molecule has 0 spiro atoms. The molecule has 0 rings (SSSR count). The highest BCUT2D eigenvalue weighted by Gasteiger charge is 2.19. The number of ether oxygens (including phenoxy) is 3. The molecule has 1 unspecified atom stereocenters. The summed E-state index contributed by atoms with van der Waals surface area (Å²) in [6.45, 7) is 6.35. The summed E-state index contributed by atoms with van der Waals surface area (Å²) >= 11 is 0. The molecule has 0 aliphatic heterocycles. The third kappa shape index (κ3) is 67.4. The van der Waals surface area contributed by atoms with Crippen LogP contribution in [0.5, 0.6) is 0 Å². The summed E-state index contributed by atoms with van der Waals surface area (Å²) in [6.07, 6.45) is 102. The van der Waals surface area contributed by atoms with Gasteiger partial charge >= 0.3 is 17.9 Å². The van der Waals surface area contributed by atoms with Crippen LogP contribution in [0.25, 0.3) is 0 Å². The van der Waals surface area contributed by atoms with E-state index in [1.807, 2.05) is 0 Å². The Bertz CT molecular complexity index is 1890. The second-order valence-corrected chi connectivity index (χ2v) is 21.6. The molecule has 0 saturated heterocycles. The summed E-state index contributed by atoms with van der Waals surface area (Å²) in [5, 5.41) is 0. The SMILES string of the molecule is CC/C=C\C/C=C\C/C=C\C/C=C\C/C=C\C/C=C\C/C=C\C/C=C\CCCCCCC(=O)OCC(COC(=O)CCCCCCCCC/C=C\C/C=C\CCCCC)OC(=O)CCCCCCCC/C=C\C/C=C\C/C=C\C/C=C\CC. The minimum atomic E-state index is -0.811. The fourth-order valence-corrected chi connectivity index (χ4v) is 8.71. The molecule has 0 aromatic carbocycles. The van der Waals surface area contributed by atoms with E-state index in [0.717, 1.165) is 173 Å². The molecule has 0 amide bonds. The molecule has 6 heteroatoms. The number of unbranched alkanes of at least 4 members (excludes halogenated alkanes) is 20. The molecule has 0 aromatic rings. The van der Waals surface area contributed by atoms with E-state index in [9.17, 15) is 14.4 Å². The van der Waals surface area contributed by atoms with Crippen LogP contribution >= 0.6 is 0 Å². The van der Waals surface area contributed by atoms with E-state index in [-0.39, 0.29) is 31.1 Å². The van der Waals surface area contributed by atoms with Crippen molar-refractivity contribution in [3.63, 3.8) is 0 Å². The first kappa shape index (κ1) is 77.8. The van der Waals surface area contributed by atoms with Crippen molar-refractivity contribution in [2.24, 2.45) is 0 Å². The monoisotopic (exact) mass is 1140 g/mol. The first-order valence-electron chi connectivity index (χ1n) is 33.6. The molecular formula is C77H122O6. The van der Waals surface area contributed by atoms with Crippen molar-refractivity contribution in [3.05, 3.63) is 170 Å². The van der Waals surface area contributed by atoms with E-state index in [0.29, 0.717) is 19.3 Å². The third-order valence-corrected chi connectivity index (χ3v) is 13.7. The van der Waals surface area contributed by atoms with Crippen LogP contribution in [0, 0.1) is 0 Å². The summed E-state index contributed by atoms with van der Waals surface area (Å²) in [4.78, 5) is 38.4. The van der Waals surface area contributed by atoms with E-state index >= 15 is 0 Å². The number of hydrogen-bond acceptors (Lipinski definition) is 6. The van der Waals surface area contributed by atoms with Gasteiger partial charge in [0.1, 0.15) is 13.2 Å². The minimum absolute atomic E-state index is 0.104. The Hall–Kier alpha value is -5.23. The molecule has 0 N–H and O–H groups in total. The maximum atomic E-state index is 12.9. The van der Waals surface area contributed by atoms with Crippen molar-refractivity contribution in [1.29, 1.82) is 0 Å². The van der Waals surface area contributed by atoms with Crippen molar-refractivity contribution in [3.8, 4) is 0 Å². The molecule has 0 aliphatic carbocycles. The van der Waals surface area contributed by atoms with Gasteiger partial charge in [-0.15, -0.1) is 0 Å². The van der Waals surface area contributed by atoms with Crippen LogP contribution in [0.2, 0.25) is 0 Å². The zero-order chi connectivity index (χ0) is 59.9. The second-order valence-electron chi connectivity index (χ2n) is 21.6. The van der Waals surface area contributed by atoms with E-state index in [1.54, 1.807) is 0 Å². The summed E-state index contributed by atoms with van der Waals surface area (Å²) in [5.74, 6) is -0.952. The minimum Gasteiger partial charge on any atom is -0.462 e. The van der Waals surface area contributed by atoms with Crippen LogP contribution in [0.15, 0.2) is 170 Å². The molecule has 0 saturated carbocycles. The van der Waals surface area contributed by atoms with Crippen LogP contribution < -0.4 is 0 Å². The van der Waals surface area contributed by atoms with Crippen molar-refractivity contribution < 1.29 is 28.6 Å². The van der Waals surface area contributed by atoms with Gasteiger partial charge in [0, 0.05) is 19.3 Å². The first-order valence-corrected chi connectivity index (χ1v) is 33.6. The summed E-state index contributed by atoms with van der Waals surface area (Å²) in [6, 6.07) is 0. The maximum Gasteiger partial charge on any atom is 0.306 e. The van der Waals surface area contributed by atoms with E-state index < -0.39 is 6.10 Å². The molecular weight excluding hydrogens is 1020 g/mol. The number of carbonyl (C=O) groups is 3. The number of carbonyl (C=O) groups excluding carboxylic acids is 3. The number of rotatable bonds is 59. The van der Waals surface area contributed by atoms with Crippen LogP contribution in [-0.4, -0.2) is 37.2 Å². The highest BCUT2D eigenvalue weighted by Crippen LogP contribution is 2.14. The number of allylic oxidation sites excluding steroid dienone is 28. The molecule has 0 bridgehead atoms. The lowest BCUT2D eigenvalue weighted by Crippen LogP contribution is -2.30. The topological polar surface area (TPSA) is 78.9 Å². The quantitative estimate of drug-likeness (QED) is 0.0261. The van der Waals surface area contributed by atoms with Crippen LogP contribution in [0.4, 0.5) is 0 Å². The Kier molecular flexibility index (Phi) is 64.9. The highest BCUT2D eigenvalue weighted by atomic mass is 16.6. The predicted octanol–water partition coefficient (Wildman–Crippen LogP) is 23.4. The van der Waals surface area contributed by atoms with Gasteiger partial charge in [-0.05, 0) is 154 Å². The van der Waals surface area contributed by atoms with Gasteiger partial charge in [-0.25, -0.2) is 0 Å². The highest BCUT2D eigenvalue weighted by molar-refractivity contribution is 5.71. The molecule has 0 aromatic heterocycles. The van der Waals surface area contributed by atoms with Gasteiger partial charge in [-0.1, -0.05) is 274 Å². The third-order valence-electron chi connectivity index (χ3n) is 13.7. The van der Waals surface area contributed by atoms with Crippen LogP contribution in [0.3, 0.4) is 0 Å². The Morgan fingerprint density at radius 1 is 0.253 bits per heavy atom. The molecule has 0 heterocycles. The average molecular weight is 1140 g/mol. The molecule has 0 fully saturated rings. The molecule has 83 heavy (non-hydrogen) atoms. The molecule has 0 aliphatic rings. The Morgan fingerprint density at radius 2 is 0.470 bits per heavy atom. The maximum absolute atomic E-state index is 12.9. The summed E-state index contributed by atoms with van der Waals surface area (Å²) < 4.78 is 16.9. The fourth-order valence-electron chi connectivity index (χ4n) is 8.71. The zero-order valence-electron chi connectivity index (χ0n) is 53.4. The molecule has 0 radical (unpaired) electrons. The number of esters is 3. The Balaban J connectivity index is 4.48. The predicted molar refractivity (Wildman–Crippen MR) is 361 cm³/mol. The van der Waals surface area contributed by atoms with Crippen molar-refractivity contribution in [1.82, 2.24) is 0 Å². The van der Waals surface area contributed by atoms with E-state index in [4.69, 9.17) is 14.2 Å². The molecule has 6 nitrogen and oxygen atoms in total. The summed E-state index contributed by atoms with van der Waals surface area (Å²) in [5.41, 5.74) is 0. The average Bonchev–Trinajstić information content (AvgIpc) is 3.49. The van der Waals surface area contributed by atoms with Gasteiger partial charge in [-0.2, -0.15) is 0 Å². The van der Waals surface area contributed by atoms with Crippen molar-refractivity contribution >= 4 is 17.9 Å². The lowest BCUT2D eigenvalue weighted by atomic mass is 10.1. The standard InChI is InChI=1S/C77H122O6/c1-4-7-10-13-16-19-22-25-28-31-33-34-35-36-37-38-39-40-41-42-44-46-49-52-55-58-61-64-67-70-76(79)82-73-74(72-81-75(78)69-66-63-60-57-54-51-48-45-30-27-24-21-18-15-12-9-6-3)83-77(80)71-68-65-62-59-56-53-50-47-43-32-29-26-23-20-17-14-11-8-5-2/h7-8,10-11,16-21,25-30,33-34,36-37,39-40,42-44,47,49,52,74H,4-6,9,12-15,22-24,31-32,35,38,41,45-46,48,50-51,53-73H2,1-3H3/b10-7-,11-8-,19-16-,20-17-,21-18-,28-25-,29-26-,30-27-,34-33-,37-36-,40-39-,44-42-,47-43-,52-49-. The Morgan fingerprint density at radius 3 is 0.735 bits per heavy atom. The van der Waals surface area contributed by atoms with Gasteiger partial charge in [-0.3, -0.25) is 14.4 Å². The van der Waals surface area contributed by atoms with Gasteiger partial charge in [0.05, 0.1) is 0 Å². The van der Waals surface area contributed by atoms with E-state index in [2.05, 4.69) is 191 Å². The lowest BCUT2D eigenvalue weighted by molar-refractivity contribution is -0.167. The fraction of sp³-hybridized carbons (Fsp3) is 0.597. The normalized spacial score (nSPS) is 13.2. The van der Waals surface area contributed by atoms with Crippen molar-refractivity contribution in [2.45, 2.75) is 284 Å². The molecule has 1 atom stereocenters. The second kappa shape index (κ2) is 69.3. The van der Waals surface area contributed by atoms with Gasteiger partial charge in [0.15, 0.2) is 6.10 Å². The van der Waals surface area contributed by atoms with Crippen LogP contribution in [0.1, 0.15) is 278 Å². The lowest BCUT2D eigenvalue weighted by Gasteiger charge is -2.18. The molecule has 466 valence electrons. The first-order chi connectivity index (χ1) is 41.0. The van der Waals surface area contributed by atoms with Gasteiger partial charge in [0.25, 0.3) is 0 Å². The van der Waals surface area contributed by atoms with Crippen molar-refractivity contribution in [2.75, 3.05) is 13.2 Å². The van der Waals surface area contributed by atoms with E-state index in [1.165, 1.54) is 64.2 Å². The van der Waals surface area contributed by atoms with Gasteiger partial charge < -0.3 is 14.2 Å². The summed E-state index contributed by atoms with van der Waals surface area (Å²) in [7, 11) is 0. The Labute approximate surface area is 511 Å².